The largest absolute Gasteiger partial charge is 0.441 e. The van der Waals surface area contributed by atoms with Crippen molar-refractivity contribution >= 4 is 22.1 Å². The van der Waals surface area contributed by atoms with Gasteiger partial charge in [0.05, 0.1) is 12.6 Å². The molecule has 0 aliphatic carbocycles. The molecular weight excluding hydrogens is 406 g/mol. The van der Waals surface area contributed by atoms with E-state index in [1.54, 1.807) is 0 Å². The lowest BCUT2D eigenvalue weighted by Gasteiger charge is -2.18. The molecule has 0 atom stereocenters. The van der Waals surface area contributed by atoms with Crippen LogP contribution in [0.5, 0.6) is 0 Å². The van der Waals surface area contributed by atoms with Crippen molar-refractivity contribution in [2.45, 2.75) is 53.4 Å². The highest BCUT2D eigenvalue weighted by molar-refractivity contribution is 5.85. The summed E-state index contributed by atoms with van der Waals surface area (Å²) in [6.45, 7) is 13.2. The number of rotatable bonds is 4. The lowest BCUT2D eigenvalue weighted by molar-refractivity contribution is -0.633. The molecule has 0 aliphatic rings. The first-order chi connectivity index (χ1) is 15.8. The van der Waals surface area contributed by atoms with E-state index in [2.05, 4.69) is 110 Å². The lowest BCUT2D eigenvalue weighted by Crippen LogP contribution is -2.30. The number of hydrogen-bond acceptors (Lipinski definition) is 2. The molecule has 3 aromatic carbocycles. The molecule has 0 spiro atoms. The molecule has 168 valence electrons. The van der Waals surface area contributed by atoms with Gasteiger partial charge in [-0.2, -0.15) is 4.57 Å². The van der Waals surface area contributed by atoms with Crippen LogP contribution in [-0.2, 0) is 7.05 Å². The van der Waals surface area contributed by atoms with E-state index in [0.717, 1.165) is 16.9 Å². The summed E-state index contributed by atoms with van der Waals surface area (Å²) in [6, 6.07) is 19.7. The van der Waals surface area contributed by atoms with Crippen LogP contribution in [0.3, 0.4) is 0 Å². The Bertz CT molecular complexity index is 1470. The van der Waals surface area contributed by atoms with E-state index in [0.29, 0.717) is 17.7 Å². The maximum absolute atomic E-state index is 5.82. The molecule has 5 aromatic rings. The highest BCUT2D eigenvalue weighted by Crippen LogP contribution is 2.37. The van der Waals surface area contributed by atoms with Gasteiger partial charge in [0, 0.05) is 18.1 Å². The molecule has 2 aromatic heterocycles. The molecule has 0 saturated heterocycles. The molecule has 0 radical (unpaired) electrons. The normalized spacial score (nSPS) is 12.0. The monoisotopic (exact) mass is 438 g/mol. The van der Waals surface area contributed by atoms with E-state index < -0.39 is 0 Å². The summed E-state index contributed by atoms with van der Waals surface area (Å²) in [5.41, 5.74) is 10.5. The average Bonchev–Trinajstić information content (AvgIpc) is 3.28. The first-order valence-corrected chi connectivity index (χ1v) is 11.8. The maximum Gasteiger partial charge on any atom is 0.295 e. The van der Waals surface area contributed by atoms with E-state index in [4.69, 9.17) is 4.42 Å². The molecule has 0 fully saturated rings. The average molecular weight is 439 g/mol. The molecule has 33 heavy (non-hydrogen) atoms. The van der Waals surface area contributed by atoms with Gasteiger partial charge in [0.2, 0.25) is 0 Å². The summed E-state index contributed by atoms with van der Waals surface area (Å²) >= 11 is 0. The molecule has 2 heterocycles. The summed E-state index contributed by atoms with van der Waals surface area (Å²) in [4.78, 5) is 4.63. The third kappa shape index (κ3) is 3.36. The zero-order valence-corrected chi connectivity index (χ0v) is 20.6. The number of imidazole rings is 1. The highest BCUT2D eigenvalue weighted by atomic mass is 16.3. The number of aryl methyl sites for hydroxylation is 3. The zero-order valence-electron chi connectivity index (χ0n) is 20.6. The smallest absolute Gasteiger partial charge is 0.295 e. The number of nitrogens with zero attached hydrogens (tertiary/aromatic N) is 3. The van der Waals surface area contributed by atoms with Crippen molar-refractivity contribution in [1.82, 2.24) is 9.55 Å². The van der Waals surface area contributed by atoms with Gasteiger partial charge in [0.1, 0.15) is 11.2 Å². The van der Waals surface area contributed by atoms with Crippen molar-refractivity contribution in [1.29, 1.82) is 0 Å². The molecule has 4 heteroatoms. The number of aromatic nitrogens is 3. The van der Waals surface area contributed by atoms with E-state index >= 15 is 0 Å². The molecule has 5 rings (SSSR count). The van der Waals surface area contributed by atoms with Gasteiger partial charge in [0.25, 0.3) is 5.82 Å². The highest BCUT2D eigenvalue weighted by Gasteiger charge is 2.31. The second kappa shape index (κ2) is 7.87. The molecule has 0 aliphatic heterocycles. The van der Waals surface area contributed by atoms with Crippen LogP contribution in [0.4, 0.5) is 0 Å². The summed E-state index contributed by atoms with van der Waals surface area (Å²) in [7, 11) is 2.17. The van der Waals surface area contributed by atoms with Crippen LogP contribution in [0.1, 0.15) is 62.1 Å². The van der Waals surface area contributed by atoms with Gasteiger partial charge in [-0.3, -0.25) is 0 Å². The van der Waals surface area contributed by atoms with Crippen LogP contribution in [0.25, 0.3) is 39.2 Å². The predicted octanol–water partition coefficient (Wildman–Crippen LogP) is 7.13. The molecule has 0 amide bonds. The van der Waals surface area contributed by atoms with E-state index in [-0.39, 0.29) is 0 Å². The van der Waals surface area contributed by atoms with Crippen LogP contribution in [0, 0.1) is 13.8 Å². The van der Waals surface area contributed by atoms with E-state index in [1.807, 2.05) is 6.92 Å². The molecule has 4 nitrogen and oxygen atoms in total. The van der Waals surface area contributed by atoms with Gasteiger partial charge >= 0.3 is 0 Å². The summed E-state index contributed by atoms with van der Waals surface area (Å²) in [5, 5.41) is 0. The molecule has 0 bridgehead atoms. The Morgan fingerprint density at radius 3 is 2.21 bits per heavy atom. The first kappa shape index (κ1) is 21.4. The minimum atomic E-state index is 0.403. The number of benzene rings is 3. The van der Waals surface area contributed by atoms with Crippen LogP contribution >= 0.6 is 0 Å². The number of hydrogen-bond donors (Lipinski definition) is 0. The fraction of sp³-hybridized carbons (Fsp3) is 0.310. The molecular formula is C29H32N3O+. The van der Waals surface area contributed by atoms with Gasteiger partial charge < -0.3 is 4.42 Å². The van der Waals surface area contributed by atoms with Gasteiger partial charge in [-0.1, -0.05) is 58.0 Å². The van der Waals surface area contributed by atoms with E-state index in [9.17, 15) is 0 Å². The number of oxazole rings is 1. The topological polar surface area (TPSA) is 34.8 Å². The van der Waals surface area contributed by atoms with Crippen LogP contribution < -0.4 is 4.57 Å². The second-order valence-electron chi connectivity index (χ2n) is 9.67. The summed E-state index contributed by atoms with van der Waals surface area (Å²) in [5.74, 6) is 2.66. The minimum absolute atomic E-state index is 0.403. The molecule has 0 N–H and O–H groups in total. The van der Waals surface area contributed by atoms with E-state index in [1.165, 1.54) is 39.0 Å². The lowest BCUT2D eigenvalue weighted by atomic mass is 9.92. The minimum Gasteiger partial charge on any atom is -0.441 e. The summed E-state index contributed by atoms with van der Waals surface area (Å²) < 4.78 is 10.6. The summed E-state index contributed by atoms with van der Waals surface area (Å²) in [6.07, 6.45) is 0. The van der Waals surface area contributed by atoms with Crippen LogP contribution in [-0.4, -0.2) is 9.55 Å². The van der Waals surface area contributed by atoms with Crippen LogP contribution in [0.15, 0.2) is 59.0 Å². The Morgan fingerprint density at radius 1 is 0.879 bits per heavy atom. The van der Waals surface area contributed by atoms with Gasteiger partial charge in [-0.15, -0.1) is 0 Å². The van der Waals surface area contributed by atoms with Crippen molar-refractivity contribution in [3.8, 4) is 17.1 Å². The van der Waals surface area contributed by atoms with Crippen LogP contribution in [0.2, 0.25) is 0 Å². The van der Waals surface area contributed by atoms with Crippen molar-refractivity contribution < 1.29 is 8.98 Å². The van der Waals surface area contributed by atoms with Gasteiger partial charge in [-0.25, -0.2) is 9.55 Å². The standard InChI is InChI=1S/C29H32N3O/c1-17(2)21-11-10-12-22(18(3)4)28(21)32-26-14-9-8-13-25(26)31(7)29(32)23-16-24-27(15-19(23)5)33-20(6)30-24/h8-18H,1-7H3/q+1. The Labute approximate surface area is 195 Å². The number of fused-ring (bicyclic) bond motifs is 2. The predicted molar refractivity (Wildman–Crippen MR) is 135 cm³/mol. The quantitative estimate of drug-likeness (QED) is 0.280. The Kier molecular flexibility index (Phi) is 5.12. The van der Waals surface area contributed by atoms with Crippen molar-refractivity contribution in [3.05, 3.63) is 77.2 Å². The Morgan fingerprint density at radius 2 is 1.55 bits per heavy atom. The third-order valence-electron chi connectivity index (χ3n) is 6.66. The molecule has 0 unspecified atom stereocenters. The van der Waals surface area contributed by atoms with Gasteiger partial charge in [-0.05, 0) is 48.6 Å². The van der Waals surface area contributed by atoms with Crippen molar-refractivity contribution in [2.75, 3.05) is 0 Å². The maximum atomic E-state index is 5.82. The fourth-order valence-electron chi connectivity index (χ4n) is 5.04. The third-order valence-corrected chi connectivity index (χ3v) is 6.66. The molecule has 0 saturated carbocycles. The zero-order chi connectivity index (χ0) is 23.4. The van der Waals surface area contributed by atoms with Crippen molar-refractivity contribution in [2.24, 2.45) is 7.05 Å². The SMILES string of the molecule is Cc1nc2cc(-c3n(-c4c(C(C)C)cccc4C(C)C)c4ccccc4[n+]3C)c(C)cc2o1. The first-order valence-electron chi connectivity index (χ1n) is 11.8. The Balaban J connectivity index is 1.96. The Hall–Kier alpha value is -3.40. The van der Waals surface area contributed by atoms with Crippen molar-refractivity contribution in [3.63, 3.8) is 0 Å². The van der Waals surface area contributed by atoms with Gasteiger partial charge in [0.15, 0.2) is 22.5 Å². The fourth-order valence-corrected chi connectivity index (χ4v) is 5.04. The second-order valence-corrected chi connectivity index (χ2v) is 9.67. The number of para-hydroxylation sites is 3.